The number of H-pyrrole nitrogens is 2. The number of allylic oxidation sites excluding steroid dienone is 2. The van der Waals surface area contributed by atoms with Crippen molar-refractivity contribution in [3.05, 3.63) is 80.1 Å². The first-order valence-corrected chi connectivity index (χ1v) is 9.59. The van der Waals surface area contributed by atoms with Crippen LogP contribution < -0.4 is 11.2 Å². The second kappa shape index (κ2) is 8.09. The van der Waals surface area contributed by atoms with Gasteiger partial charge in [-0.15, -0.1) is 0 Å². The molecule has 0 radical (unpaired) electrons. The number of aromatic nitrogens is 2. The molecule has 0 spiro atoms. The highest BCUT2D eigenvalue weighted by Gasteiger charge is 2.44. The summed E-state index contributed by atoms with van der Waals surface area (Å²) in [6, 6.07) is 10.1. The molecule has 1 aliphatic rings. The van der Waals surface area contributed by atoms with Crippen molar-refractivity contribution >= 4 is 0 Å². The fraction of sp³-hybridized carbons (Fsp3) is 0.455. The van der Waals surface area contributed by atoms with Gasteiger partial charge in [0.15, 0.2) is 0 Å². The summed E-state index contributed by atoms with van der Waals surface area (Å²) < 4.78 is 6.21. The highest BCUT2D eigenvalue weighted by Crippen LogP contribution is 2.43. The molecule has 144 valence electrons. The van der Waals surface area contributed by atoms with Gasteiger partial charge in [-0.2, -0.15) is 0 Å². The van der Waals surface area contributed by atoms with Crippen LogP contribution in [0.5, 0.6) is 0 Å². The number of hydrogen-bond donors (Lipinski definition) is 2. The van der Waals surface area contributed by atoms with E-state index in [1.54, 1.807) is 7.11 Å². The van der Waals surface area contributed by atoms with Crippen LogP contribution in [0, 0.1) is 5.92 Å². The summed E-state index contributed by atoms with van der Waals surface area (Å²) in [4.78, 5) is 30.2. The second-order valence-corrected chi connectivity index (χ2v) is 7.59. The van der Waals surface area contributed by atoms with Gasteiger partial charge in [-0.25, -0.2) is 4.79 Å². The fourth-order valence-electron chi connectivity index (χ4n) is 4.27. The Morgan fingerprint density at radius 3 is 2.48 bits per heavy atom. The van der Waals surface area contributed by atoms with Crippen molar-refractivity contribution < 1.29 is 4.74 Å². The van der Waals surface area contributed by atoms with Gasteiger partial charge in [0.1, 0.15) is 5.60 Å². The predicted molar refractivity (Wildman–Crippen MR) is 107 cm³/mol. The van der Waals surface area contributed by atoms with Crippen LogP contribution in [0.3, 0.4) is 0 Å². The van der Waals surface area contributed by atoms with Gasteiger partial charge in [0.25, 0.3) is 5.56 Å². The Balaban J connectivity index is 2.25. The molecule has 1 aromatic carbocycles. The Kier molecular flexibility index (Phi) is 5.80. The molecule has 5 heteroatoms. The normalized spacial score (nSPS) is 19.2. The van der Waals surface area contributed by atoms with Gasteiger partial charge in [-0.05, 0) is 36.7 Å². The highest BCUT2D eigenvalue weighted by atomic mass is 16.5. The summed E-state index contributed by atoms with van der Waals surface area (Å²) in [5.74, 6) is 0.132. The third-order valence-electron chi connectivity index (χ3n) is 5.58. The van der Waals surface area contributed by atoms with Crippen molar-refractivity contribution in [2.75, 3.05) is 7.11 Å². The number of rotatable bonds is 6. The van der Waals surface area contributed by atoms with E-state index in [0.29, 0.717) is 17.7 Å². The first-order chi connectivity index (χ1) is 13.0. The quantitative estimate of drug-likeness (QED) is 0.765. The Morgan fingerprint density at radius 1 is 1.15 bits per heavy atom. The van der Waals surface area contributed by atoms with Crippen LogP contribution in [0.25, 0.3) is 0 Å². The van der Waals surface area contributed by atoms with Crippen molar-refractivity contribution in [1.82, 2.24) is 9.97 Å². The zero-order valence-electron chi connectivity index (χ0n) is 16.2. The van der Waals surface area contributed by atoms with Crippen LogP contribution >= 0.6 is 0 Å². The zero-order chi connectivity index (χ0) is 19.4. The molecule has 0 amide bonds. The predicted octanol–water partition coefficient (Wildman–Crippen LogP) is 3.63. The average molecular weight is 368 g/mol. The lowest BCUT2D eigenvalue weighted by Gasteiger charge is -2.42. The molecule has 3 rings (SSSR count). The summed E-state index contributed by atoms with van der Waals surface area (Å²) in [6.07, 6.45) is 7.73. The molecule has 0 saturated carbocycles. The van der Waals surface area contributed by atoms with Crippen molar-refractivity contribution in [3.8, 4) is 0 Å². The number of ether oxygens (including phenoxy) is 1. The van der Waals surface area contributed by atoms with Crippen LogP contribution in [-0.2, 0) is 16.8 Å². The van der Waals surface area contributed by atoms with Gasteiger partial charge < -0.3 is 9.72 Å². The van der Waals surface area contributed by atoms with Gasteiger partial charge in [0.05, 0.1) is 5.69 Å². The lowest BCUT2D eigenvalue weighted by molar-refractivity contribution is -0.0721. The Bertz CT molecular complexity index is 911. The maximum Gasteiger partial charge on any atom is 0.326 e. The smallest absolute Gasteiger partial charge is 0.326 e. The molecule has 1 aromatic heterocycles. The van der Waals surface area contributed by atoms with E-state index < -0.39 is 11.3 Å². The van der Waals surface area contributed by atoms with Crippen LogP contribution in [0.1, 0.15) is 55.8 Å². The fourth-order valence-corrected chi connectivity index (χ4v) is 4.27. The minimum atomic E-state index is -0.765. The third-order valence-corrected chi connectivity index (χ3v) is 5.58. The lowest BCUT2D eigenvalue weighted by atomic mass is 9.72. The summed E-state index contributed by atoms with van der Waals surface area (Å²) in [5, 5.41) is 0. The molecular formula is C22H28N2O3. The second-order valence-electron chi connectivity index (χ2n) is 7.59. The molecule has 0 saturated heterocycles. The van der Waals surface area contributed by atoms with Crippen LogP contribution in [0.4, 0.5) is 0 Å². The molecule has 27 heavy (non-hydrogen) atoms. The van der Waals surface area contributed by atoms with Crippen molar-refractivity contribution in [3.63, 3.8) is 0 Å². The molecule has 2 atom stereocenters. The Hall–Kier alpha value is -2.40. The Labute approximate surface area is 159 Å². The molecule has 2 aromatic rings. The summed E-state index contributed by atoms with van der Waals surface area (Å²) in [7, 11) is 1.69. The van der Waals surface area contributed by atoms with Crippen molar-refractivity contribution in [2.24, 2.45) is 5.92 Å². The van der Waals surface area contributed by atoms with Gasteiger partial charge >= 0.3 is 5.69 Å². The number of hydrogen-bond acceptors (Lipinski definition) is 3. The van der Waals surface area contributed by atoms with Crippen molar-refractivity contribution in [1.29, 1.82) is 0 Å². The summed E-state index contributed by atoms with van der Waals surface area (Å²) in [6.45, 7) is 3.94. The van der Waals surface area contributed by atoms with Gasteiger partial charge in [0, 0.05) is 19.1 Å². The van der Waals surface area contributed by atoms with E-state index in [1.807, 2.05) is 32.0 Å². The number of methoxy groups -OCH3 is 1. The van der Waals surface area contributed by atoms with E-state index in [1.165, 1.54) is 0 Å². The molecule has 0 fully saturated rings. The van der Waals surface area contributed by atoms with E-state index in [4.69, 9.17) is 4.74 Å². The first kappa shape index (κ1) is 19.4. The molecule has 0 aliphatic heterocycles. The SMILES string of the molecule is COC(Cc1ccccc1)(c1[nH]c(=O)[nH]c(=O)c1C(C)C)C1CC=CCC1. The van der Waals surface area contributed by atoms with E-state index in [9.17, 15) is 9.59 Å². The molecule has 1 aliphatic carbocycles. The summed E-state index contributed by atoms with van der Waals surface area (Å²) >= 11 is 0. The maximum absolute atomic E-state index is 12.7. The van der Waals surface area contributed by atoms with Gasteiger partial charge in [0.2, 0.25) is 0 Å². The number of benzene rings is 1. The van der Waals surface area contributed by atoms with E-state index >= 15 is 0 Å². The number of aromatic amines is 2. The van der Waals surface area contributed by atoms with E-state index in [0.717, 1.165) is 24.8 Å². The van der Waals surface area contributed by atoms with Crippen LogP contribution in [0.15, 0.2) is 52.1 Å². The molecular weight excluding hydrogens is 340 g/mol. The Morgan fingerprint density at radius 2 is 1.89 bits per heavy atom. The monoisotopic (exact) mass is 368 g/mol. The standard InChI is InChI=1S/C22H28N2O3/c1-15(2)18-19(23-21(26)24-20(18)25)22(27-3,17-12-8-5-9-13-17)14-16-10-6-4-7-11-16/h4-8,10-11,15,17H,9,12-14H2,1-3H3,(H2,23,24,25,26). The lowest BCUT2D eigenvalue weighted by Crippen LogP contribution is -2.45. The largest absolute Gasteiger partial charge is 0.371 e. The van der Waals surface area contributed by atoms with Crippen LogP contribution in [0.2, 0.25) is 0 Å². The van der Waals surface area contributed by atoms with Gasteiger partial charge in [-0.3, -0.25) is 9.78 Å². The maximum atomic E-state index is 12.7. The average Bonchev–Trinajstić information content (AvgIpc) is 2.66. The molecule has 1 heterocycles. The van der Waals surface area contributed by atoms with Crippen molar-refractivity contribution in [2.45, 2.75) is 51.0 Å². The minimum absolute atomic E-state index is 0.0370. The summed E-state index contributed by atoms with van der Waals surface area (Å²) in [5.41, 5.74) is 0.758. The third kappa shape index (κ3) is 3.83. The number of nitrogens with one attached hydrogen (secondary N) is 2. The molecule has 0 bridgehead atoms. The van der Waals surface area contributed by atoms with E-state index in [2.05, 4.69) is 34.3 Å². The van der Waals surface area contributed by atoms with Gasteiger partial charge in [-0.1, -0.05) is 56.3 Å². The zero-order valence-corrected chi connectivity index (χ0v) is 16.2. The first-order valence-electron chi connectivity index (χ1n) is 9.59. The minimum Gasteiger partial charge on any atom is -0.371 e. The topological polar surface area (TPSA) is 75.0 Å². The molecule has 2 unspecified atom stereocenters. The molecule has 2 N–H and O–H groups in total. The van der Waals surface area contributed by atoms with E-state index in [-0.39, 0.29) is 17.4 Å². The molecule has 5 nitrogen and oxygen atoms in total. The highest BCUT2D eigenvalue weighted by molar-refractivity contribution is 5.31. The van der Waals surface area contributed by atoms with Crippen LogP contribution in [-0.4, -0.2) is 17.1 Å².